The van der Waals surface area contributed by atoms with Crippen LogP contribution in [0.4, 0.5) is 0 Å². The van der Waals surface area contributed by atoms with Crippen molar-refractivity contribution >= 4 is 18.7 Å². The number of fused-ring (bicyclic) bond motifs is 3. The third kappa shape index (κ3) is 2.70. The summed E-state index contributed by atoms with van der Waals surface area (Å²) in [7, 11) is -2.49. The average molecular weight is 365 g/mol. The summed E-state index contributed by atoms with van der Waals surface area (Å²) >= 11 is 0. The quantitative estimate of drug-likeness (QED) is 0.473. The molecule has 0 saturated carbocycles. The molecule has 0 fully saturated rings. The fraction of sp³-hybridized carbons (Fsp3) is 0.0400. The molecular formula is C25H20OSi. The van der Waals surface area contributed by atoms with E-state index < -0.39 is 8.32 Å². The first-order valence-electron chi connectivity index (χ1n) is 9.34. The van der Waals surface area contributed by atoms with Gasteiger partial charge in [-0.05, 0) is 27.6 Å². The Hall–Kier alpha value is -3.10. The van der Waals surface area contributed by atoms with E-state index in [2.05, 4.69) is 109 Å². The smallest absolute Gasteiger partial charge is 0.319 e. The minimum Gasteiger partial charge on any atom is -0.534 e. The van der Waals surface area contributed by atoms with Gasteiger partial charge in [-0.3, -0.25) is 0 Å². The van der Waals surface area contributed by atoms with Gasteiger partial charge in [0.1, 0.15) is 5.75 Å². The molecule has 0 amide bonds. The molecular weight excluding hydrogens is 344 g/mol. The van der Waals surface area contributed by atoms with Gasteiger partial charge in [0.25, 0.3) is 0 Å². The molecule has 0 spiro atoms. The number of para-hydroxylation sites is 1. The molecule has 0 aromatic heterocycles. The molecule has 0 unspecified atom stereocenters. The van der Waals surface area contributed by atoms with Crippen LogP contribution in [-0.2, 0) is 6.04 Å². The van der Waals surface area contributed by atoms with E-state index in [1.54, 1.807) is 0 Å². The van der Waals surface area contributed by atoms with E-state index in [-0.39, 0.29) is 0 Å². The van der Waals surface area contributed by atoms with Gasteiger partial charge in [-0.15, -0.1) is 0 Å². The van der Waals surface area contributed by atoms with Crippen molar-refractivity contribution in [2.24, 2.45) is 0 Å². The molecule has 0 saturated heterocycles. The molecule has 1 heterocycles. The lowest BCUT2D eigenvalue weighted by Gasteiger charge is -2.32. The van der Waals surface area contributed by atoms with E-state index in [9.17, 15) is 0 Å². The lowest BCUT2D eigenvalue weighted by molar-refractivity contribution is 0.566. The SMILES string of the molecule is c1ccc([Si]2(c3ccccc3)Cc3ccccc3-c3ccccc3O2)cc1. The van der Waals surface area contributed by atoms with Gasteiger partial charge in [0.2, 0.25) is 0 Å². The predicted molar refractivity (Wildman–Crippen MR) is 114 cm³/mol. The highest BCUT2D eigenvalue weighted by molar-refractivity contribution is 6.97. The highest BCUT2D eigenvalue weighted by Crippen LogP contribution is 2.38. The fourth-order valence-corrected chi connectivity index (χ4v) is 8.02. The van der Waals surface area contributed by atoms with Crippen LogP contribution in [0.25, 0.3) is 11.1 Å². The van der Waals surface area contributed by atoms with Crippen molar-refractivity contribution in [3.05, 3.63) is 115 Å². The topological polar surface area (TPSA) is 9.23 Å². The number of rotatable bonds is 2. The molecule has 27 heavy (non-hydrogen) atoms. The van der Waals surface area contributed by atoms with Gasteiger partial charge >= 0.3 is 8.32 Å². The molecule has 4 aromatic carbocycles. The van der Waals surface area contributed by atoms with Gasteiger partial charge < -0.3 is 4.43 Å². The van der Waals surface area contributed by atoms with Crippen molar-refractivity contribution in [2.45, 2.75) is 6.04 Å². The van der Waals surface area contributed by atoms with E-state index in [0.29, 0.717) is 0 Å². The van der Waals surface area contributed by atoms with Crippen molar-refractivity contribution in [2.75, 3.05) is 0 Å². The Labute approximate surface area is 161 Å². The van der Waals surface area contributed by atoms with Crippen LogP contribution < -0.4 is 14.8 Å². The molecule has 130 valence electrons. The summed E-state index contributed by atoms with van der Waals surface area (Å²) in [6, 6.07) is 39.7. The van der Waals surface area contributed by atoms with Crippen LogP contribution >= 0.6 is 0 Å². The van der Waals surface area contributed by atoms with Crippen molar-refractivity contribution in [1.29, 1.82) is 0 Å². The van der Waals surface area contributed by atoms with Crippen molar-refractivity contribution in [1.82, 2.24) is 0 Å². The predicted octanol–water partition coefficient (Wildman–Crippen LogP) is 4.59. The van der Waals surface area contributed by atoms with Gasteiger partial charge in [0.05, 0.1) is 0 Å². The Morgan fingerprint density at radius 1 is 0.519 bits per heavy atom. The van der Waals surface area contributed by atoms with E-state index in [1.165, 1.54) is 27.1 Å². The highest BCUT2D eigenvalue weighted by Gasteiger charge is 2.44. The van der Waals surface area contributed by atoms with Crippen LogP contribution in [0.15, 0.2) is 109 Å². The third-order valence-electron chi connectivity index (χ3n) is 5.40. The second-order valence-corrected chi connectivity index (χ2v) is 10.4. The maximum Gasteiger partial charge on any atom is 0.319 e. The molecule has 0 radical (unpaired) electrons. The van der Waals surface area contributed by atoms with Gasteiger partial charge in [-0.25, -0.2) is 0 Å². The van der Waals surface area contributed by atoms with Gasteiger partial charge in [-0.1, -0.05) is 103 Å². The third-order valence-corrected chi connectivity index (χ3v) is 9.38. The zero-order chi connectivity index (χ0) is 18.1. The molecule has 0 N–H and O–H groups in total. The molecule has 0 atom stereocenters. The average Bonchev–Trinajstić information content (AvgIpc) is 2.90. The van der Waals surface area contributed by atoms with Gasteiger partial charge in [-0.2, -0.15) is 0 Å². The van der Waals surface area contributed by atoms with Crippen molar-refractivity contribution in [3.63, 3.8) is 0 Å². The van der Waals surface area contributed by atoms with Crippen molar-refractivity contribution in [3.8, 4) is 16.9 Å². The Bertz CT molecular complexity index is 984. The molecule has 2 heteroatoms. The monoisotopic (exact) mass is 364 g/mol. The van der Waals surface area contributed by atoms with E-state index in [0.717, 1.165) is 11.8 Å². The first-order chi connectivity index (χ1) is 13.4. The van der Waals surface area contributed by atoms with E-state index >= 15 is 0 Å². The van der Waals surface area contributed by atoms with Gasteiger partial charge in [0, 0.05) is 11.6 Å². The summed E-state index contributed by atoms with van der Waals surface area (Å²) in [5.74, 6) is 0.988. The number of hydrogen-bond donors (Lipinski definition) is 0. The largest absolute Gasteiger partial charge is 0.534 e. The first kappa shape index (κ1) is 16.1. The van der Waals surface area contributed by atoms with Gasteiger partial charge in [0.15, 0.2) is 0 Å². The maximum atomic E-state index is 7.04. The molecule has 1 nitrogen and oxygen atoms in total. The van der Waals surface area contributed by atoms with Crippen LogP contribution in [-0.4, -0.2) is 8.32 Å². The number of benzene rings is 4. The summed E-state index contributed by atoms with van der Waals surface area (Å²) < 4.78 is 7.04. The molecule has 4 aromatic rings. The summed E-state index contributed by atoms with van der Waals surface area (Å²) in [5, 5.41) is 2.62. The van der Waals surface area contributed by atoms with Crippen LogP contribution in [0.3, 0.4) is 0 Å². The molecule has 0 aliphatic carbocycles. The molecule has 5 rings (SSSR count). The van der Waals surface area contributed by atoms with E-state index in [4.69, 9.17) is 4.43 Å². The minimum absolute atomic E-state index is 0.922. The Morgan fingerprint density at radius 3 is 1.70 bits per heavy atom. The zero-order valence-corrected chi connectivity index (χ0v) is 16.0. The maximum absolute atomic E-state index is 7.04. The Kier molecular flexibility index (Phi) is 3.91. The van der Waals surface area contributed by atoms with Crippen LogP contribution in [0.5, 0.6) is 5.75 Å². The summed E-state index contributed by atoms with van der Waals surface area (Å²) in [6.07, 6.45) is 0. The normalized spacial score (nSPS) is 14.4. The Morgan fingerprint density at radius 2 is 1.04 bits per heavy atom. The van der Waals surface area contributed by atoms with Crippen LogP contribution in [0, 0.1) is 0 Å². The first-order valence-corrected chi connectivity index (χ1v) is 11.5. The summed E-state index contributed by atoms with van der Waals surface area (Å²) in [6.45, 7) is 0. The summed E-state index contributed by atoms with van der Waals surface area (Å²) in [4.78, 5) is 0. The fourth-order valence-electron chi connectivity index (χ4n) is 4.11. The lowest BCUT2D eigenvalue weighted by atomic mass is 10.00. The number of hydrogen-bond acceptors (Lipinski definition) is 1. The zero-order valence-electron chi connectivity index (χ0n) is 15.0. The second-order valence-electron chi connectivity index (χ2n) is 6.99. The minimum atomic E-state index is -2.49. The highest BCUT2D eigenvalue weighted by atomic mass is 28.4. The Balaban J connectivity index is 1.83. The molecule has 1 aliphatic rings. The lowest BCUT2D eigenvalue weighted by Crippen LogP contribution is -2.65. The van der Waals surface area contributed by atoms with Crippen LogP contribution in [0.1, 0.15) is 5.56 Å². The van der Waals surface area contributed by atoms with E-state index in [1.807, 2.05) is 0 Å². The van der Waals surface area contributed by atoms with Crippen molar-refractivity contribution < 1.29 is 4.43 Å². The second kappa shape index (κ2) is 6.56. The molecule has 0 bridgehead atoms. The molecule has 1 aliphatic heterocycles. The standard InChI is InChI=1S/C25H20OSi/c1-3-12-21(13-4-1)27(22-14-5-2-6-15-22)19-20-11-7-8-16-23(20)24-17-9-10-18-25(24)26-27/h1-18H,19H2. The van der Waals surface area contributed by atoms with Crippen LogP contribution in [0.2, 0.25) is 0 Å². The summed E-state index contributed by atoms with van der Waals surface area (Å²) in [5.41, 5.74) is 3.84.